The van der Waals surface area contributed by atoms with Gasteiger partial charge >= 0.3 is 7.12 Å². The van der Waals surface area contributed by atoms with Crippen LogP contribution in [0.1, 0.15) is 43.7 Å². The van der Waals surface area contributed by atoms with Crippen LogP contribution in [-0.2, 0) is 18.8 Å². The van der Waals surface area contributed by atoms with Crippen molar-refractivity contribution in [3.63, 3.8) is 0 Å². The highest BCUT2D eigenvalue weighted by atomic mass is 16.7. The second-order valence-electron chi connectivity index (χ2n) is 7.38. The van der Waals surface area contributed by atoms with Crippen LogP contribution in [0.15, 0.2) is 12.3 Å². The van der Waals surface area contributed by atoms with E-state index in [0.717, 1.165) is 11.0 Å². The Morgan fingerprint density at radius 2 is 1.85 bits per heavy atom. The fraction of sp³-hybridized carbons (Fsp3) is 0.667. The minimum absolute atomic E-state index is 0.232. The number of hydrogen-bond acceptors (Lipinski definition) is 6. The molecule has 0 aromatic carbocycles. The molecule has 0 bridgehead atoms. The lowest BCUT2D eigenvalue weighted by molar-refractivity contribution is 0.00578. The molecule has 0 atom stereocenters. The minimum Gasteiger partial charge on any atom is -0.399 e. The maximum Gasteiger partial charge on any atom is 0.496 e. The Hall–Kier alpha value is -1.48. The van der Waals surface area contributed by atoms with Gasteiger partial charge in [0.25, 0.3) is 5.91 Å². The van der Waals surface area contributed by atoms with Gasteiger partial charge in [0, 0.05) is 25.3 Å². The molecule has 26 heavy (non-hydrogen) atoms. The molecule has 0 aliphatic carbocycles. The van der Waals surface area contributed by atoms with Crippen LogP contribution in [0.25, 0.3) is 0 Å². The van der Waals surface area contributed by atoms with Gasteiger partial charge in [-0.15, -0.1) is 0 Å². The normalized spacial score (nSPS) is 18.2. The lowest BCUT2D eigenvalue weighted by Gasteiger charge is -2.32. The van der Waals surface area contributed by atoms with Gasteiger partial charge < -0.3 is 24.1 Å². The highest BCUT2D eigenvalue weighted by Crippen LogP contribution is 2.36. The van der Waals surface area contributed by atoms with Crippen molar-refractivity contribution in [2.24, 2.45) is 0 Å². The molecule has 0 radical (unpaired) electrons. The van der Waals surface area contributed by atoms with Gasteiger partial charge in [-0.3, -0.25) is 9.78 Å². The molecule has 2 heterocycles. The van der Waals surface area contributed by atoms with Crippen molar-refractivity contribution in [1.82, 2.24) is 10.3 Å². The predicted octanol–water partition coefficient (Wildman–Crippen LogP) is 1.08. The average Bonchev–Trinajstić information content (AvgIpc) is 2.78. The van der Waals surface area contributed by atoms with Crippen molar-refractivity contribution >= 4 is 18.5 Å². The van der Waals surface area contributed by atoms with E-state index in [9.17, 15) is 4.79 Å². The molecule has 1 aromatic rings. The third-order valence-electron chi connectivity index (χ3n) is 4.85. The number of amides is 1. The van der Waals surface area contributed by atoms with Crippen LogP contribution in [-0.4, -0.2) is 62.7 Å². The Kier molecular flexibility index (Phi) is 6.79. The summed E-state index contributed by atoms with van der Waals surface area (Å²) in [6.07, 6.45) is 1.65. The van der Waals surface area contributed by atoms with Crippen LogP contribution >= 0.6 is 0 Å². The number of methoxy groups -OCH3 is 1. The van der Waals surface area contributed by atoms with Gasteiger partial charge in [-0.25, -0.2) is 0 Å². The number of rotatable bonds is 8. The number of nitrogens with one attached hydrogen (secondary N) is 1. The van der Waals surface area contributed by atoms with Crippen LogP contribution in [0.2, 0.25) is 0 Å². The first kappa shape index (κ1) is 20.8. The van der Waals surface area contributed by atoms with Crippen LogP contribution < -0.4 is 10.8 Å². The zero-order valence-electron chi connectivity index (χ0n) is 16.5. The SMILES string of the molecule is COCCOCCNC(=O)c1cc(C)c(B2OC(C)(C)C(C)(C)O2)cn1. The number of carbonyl (C=O) groups excluding carboxylic acids is 1. The number of nitrogens with zero attached hydrogens (tertiary/aromatic N) is 1. The van der Waals surface area contributed by atoms with E-state index in [-0.39, 0.29) is 5.91 Å². The summed E-state index contributed by atoms with van der Waals surface area (Å²) in [4.78, 5) is 16.5. The van der Waals surface area contributed by atoms with Gasteiger partial charge in [-0.05, 0) is 46.2 Å². The van der Waals surface area contributed by atoms with E-state index in [4.69, 9.17) is 18.8 Å². The van der Waals surface area contributed by atoms with Crippen LogP contribution in [0, 0.1) is 6.92 Å². The zero-order valence-corrected chi connectivity index (χ0v) is 16.5. The van der Waals surface area contributed by atoms with Gasteiger partial charge in [-0.1, -0.05) is 0 Å². The molecule has 7 nitrogen and oxygen atoms in total. The number of carbonyl (C=O) groups is 1. The molecule has 1 aliphatic rings. The van der Waals surface area contributed by atoms with E-state index in [0.29, 0.717) is 32.1 Å². The van der Waals surface area contributed by atoms with Crippen molar-refractivity contribution in [1.29, 1.82) is 0 Å². The Morgan fingerprint density at radius 3 is 2.42 bits per heavy atom. The quantitative estimate of drug-likeness (QED) is 0.550. The summed E-state index contributed by atoms with van der Waals surface area (Å²) in [5.41, 5.74) is 1.27. The molecule has 1 fully saturated rings. The molecule has 1 amide bonds. The summed E-state index contributed by atoms with van der Waals surface area (Å²) in [5, 5.41) is 2.79. The number of aryl methyl sites for hydroxylation is 1. The van der Waals surface area contributed by atoms with E-state index in [1.165, 1.54) is 0 Å². The molecule has 1 aliphatic heterocycles. The average molecular weight is 364 g/mol. The van der Waals surface area contributed by atoms with Gasteiger partial charge in [0.05, 0.1) is 31.0 Å². The lowest BCUT2D eigenvalue weighted by atomic mass is 9.77. The summed E-state index contributed by atoms with van der Waals surface area (Å²) in [5.74, 6) is -0.232. The summed E-state index contributed by atoms with van der Waals surface area (Å²) < 4.78 is 22.3. The largest absolute Gasteiger partial charge is 0.496 e. The van der Waals surface area contributed by atoms with E-state index in [1.807, 2.05) is 34.6 Å². The van der Waals surface area contributed by atoms with Crippen molar-refractivity contribution < 1.29 is 23.6 Å². The van der Waals surface area contributed by atoms with Crippen molar-refractivity contribution in [2.45, 2.75) is 45.8 Å². The molecule has 1 saturated heterocycles. The van der Waals surface area contributed by atoms with Crippen molar-refractivity contribution in [3.8, 4) is 0 Å². The van der Waals surface area contributed by atoms with E-state index < -0.39 is 18.3 Å². The minimum atomic E-state index is -0.487. The van der Waals surface area contributed by atoms with Crippen LogP contribution in [0.4, 0.5) is 0 Å². The number of hydrogen-bond donors (Lipinski definition) is 1. The fourth-order valence-corrected chi connectivity index (χ4v) is 2.48. The number of ether oxygens (including phenoxy) is 2. The van der Waals surface area contributed by atoms with Crippen molar-refractivity contribution in [2.75, 3.05) is 33.5 Å². The molecule has 1 aromatic heterocycles. The Labute approximate surface area is 155 Å². The van der Waals surface area contributed by atoms with Crippen molar-refractivity contribution in [3.05, 3.63) is 23.5 Å². The van der Waals surface area contributed by atoms with Gasteiger partial charge in [0.15, 0.2) is 0 Å². The Morgan fingerprint density at radius 1 is 1.19 bits per heavy atom. The second-order valence-corrected chi connectivity index (χ2v) is 7.38. The maximum atomic E-state index is 12.2. The Bertz CT molecular complexity index is 620. The van der Waals surface area contributed by atoms with E-state index in [2.05, 4.69) is 10.3 Å². The molecule has 0 spiro atoms. The fourth-order valence-electron chi connectivity index (χ4n) is 2.48. The topological polar surface area (TPSA) is 78.9 Å². The molecule has 2 rings (SSSR count). The van der Waals surface area contributed by atoms with Crippen LogP contribution in [0.3, 0.4) is 0 Å². The molecular formula is C18H29BN2O5. The highest BCUT2D eigenvalue weighted by molar-refractivity contribution is 6.62. The number of pyridine rings is 1. The molecule has 8 heteroatoms. The summed E-state index contributed by atoms with van der Waals surface area (Å²) in [6, 6.07) is 1.75. The van der Waals surface area contributed by atoms with Gasteiger partial charge in [0.2, 0.25) is 0 Å². The number of aromatic nitrogens is 1. The monoisotopic (exact) mass is 364 g/mol. The molecule has 144 valence electrons. The highest BCUT2D eigenvalue weighted by Gasteiger charge is 2.52. The predicted molar refractivity (Wildman–Crippen MR) is 99.7 cm³/mol. The smallest absolute Gasteiger partial charge is 0.399 e. The second kappa shape index (κ2) is 8.48. The van der Waals surface area contributed by atoms with Crippen LogP contribution in [0.5, 0.6) is 0 Å². The first-order valence-corrected chi connectivity index (χ1v) is 8.85. The van der Waals surface area contributed by atoms with E-state index in [1.54, 1.807) is 19.4 Å². The standard InChI is InChI=1S/C18H29BN2O5/c1-13-11-15(16(22)20-7-8-24-10-9-23-6)21-12-14(13)19-25-17(2,3)18(4,5)26-19/h11-12H,7-10H2,1-6H3,(H,20,22). The molecule has 0 saturated carbocycles. The zero-order chi connectivity index (χ0) is 19.4. The third kappa shape index (κ3) is 4.82. The molecular weight excluding hydrogens is 335 g/mol. The Balaban J connectivity index is 1.94. The third-order valence-corrected chi connectivity index (χ3v) is 4.85. The first-order valence-electron chi connectivity index (χ1n) is 8.85. The molecule has 1 N–H and O–H groups in total. The molecule has 0 unspecified atom stereocenters. The lowest BCUT2D eigenvalue weighted by Crippen LogP contribution is -2.41. The first-order chi connectivity index (χ1) is 12.2. The summed E-state index contributed by atoms with van der Waals surface area (Å²) in [6.45, 7) is 11.8. The van der Waals surface area contributed by atoms with Gasteiger partial charge in [0.1, 0.15) is 5.69 Å². The summed E-state index contributed by atoms with van der Waals surface area (Å²) in [7, 11) is 1.13. The summed E-state index contributed by atoms with van der Waals surface area (Å²) >= 11 is 0. The van der Waals surface area contributed by atoms with Gasteiger partial charge in [-0.2, -0.15) is 0 Å². The van der Waals surface area contributed by atoms with E-state index >= 15 is 0 Å². The maximum absolute atomic E-state index is 12.2.